The summed E-state index contributed by atoms with van der Waals surface area (Å²) in [6, 6.07) is 1.76. The number of aryl methyl sites for hydroxylation is 1. The van der Waals surface area contributed by atoms with Crippen LogP contribution in [0.1, 0.15) is 20.1 Å². The number of carboxylic acids is 1. The van der Waals surface area contributed by atoms with Gasteiger partial charge in [-0.05, 0) is 18.6 Å². The van der Waals surface area contributed by atoms with E-state index in [1.807, 2.05) is 6.92 Å². The van der Waals surface area contributed by atoms with Gasteiger partial charge in [0.25, 0.3) is 0 Å². The molecular formula is C11H15NO3S2. The predicted octanol–water partition coefficient (Wildman–Crippen LogP) is 1.32. The summed E-state index contributed by atoms with van der Waals surface area (Å²) in [5.41, 5.74) is 1.08. The predicted molar refractivity (Wildman–Crippen MR) is 69.2 cm³/mol. The van der Waals surface area contributed by atoms with Gasteiger partial charge in [0.1, 0.15) is 4.88 Å². The van der Waals surface area contributed by atoms with Crippen LogP contribution in [0.2, 0.25) is 0 Å². The second-order valence-corrected chi connectivity index (χ2v) is 7.07. The maximum atomic E-state index is 11.2. The first-order valence-electron chi connectivity index (χ1n) is 5.46. The zero-order valence-corrected chi connectivity index (χ0v) is 11.3. The van der Waals surface area contributed by atoms with Crippen molar-refractivity contribution < 1.29 is 14.1 Å². The standard InChI is InChI=1S/C11H15NO3S2/c1-8-9(6-10(16-8)11(13)14)7-12-2-4-17(15)5-3-12/h6H,2-5,7H2,1H3,(H,13,14). The Hall–Kier alpha value is -0.720. The van der Waals surface area contributed by atoms with Crippen molar-refractivity contribution in [1.82, 2.24) is 4.90 Å². The Balaban J connectivity index is 2.03. The maximum Gasteiger partial charge on any atom is 0.345 e. The molecule has 0 amide bonds. The van der Waals surface area contributed by atoms with E-state index < -0.39 is 16.8 Å². The van der Waals surface area contributed by atoms with E-state index in [1.165, 1.54) is 11.3 Å². The van der Waals surface area contributed by atoms with Gasteiger partial charge in [0.2, 0.25) is 0 Å². The van der Waals surface area contributed by atoms with E-state index in [0.29, 0.717) is 4.88 Å². The molecular weight excluding hydrogens is 258 g/mol. The molecule has 1 saturated heterocycles. The Morgan fingerprint density at radius 3 is 2.71 bits per heavy atom. The van der Waals surface area contributed by atoms with E-state index >= 15 is 0 Å². The number of hydrogen-bond donors (Lipinski definition) is 1. The van der Waals surface area contributed by atoms with Crippen LogP contribution >= 0.6 is 11.3 Å². The summed E-state index contributed by atoms with van der Waals surface area (Å²) in [5, 5.41) is 8.92. The highest BCUT2D eigenvalue weighted by molar-refractivity contribution is 7.85. The smallest absolute Gasteiger partial charge is 0.345 e. The van der Waals surface area contributed by atoms with E-state index in [2.05, 4.69) is 4.90 Å². The number of rotatable bonds is 3. The molecule has 0 spiro atoms. The molecule has 2 heterocycles. The van der Waals surface area contributed by atoms with Gasteiger partial charge in [-0.15, -0.1) is 11.3 Å². The van der Waals surface area contributed by atoms with Crippen LogP contribution in [0.5, 0.6) is 0 Å². The van der Waals surface area contributed by atoms with E-state index in [9.17, 15) is 9.00 Å². The fourth-order valence-corrected chi connectivity index (χ4v) is 3.86. The van der Waals surface area contributed by atoms with E-state index in [4.69, 9.17) is 5.11 Å². The van der Waals surface area contributed by atoms with Gasteiger partial charge in [0.15, 0.2) is 0 Å². The molecule has 1 N–H and O–H groups in total. The van der Waals surface area contributed by atoms with Gasteiger partial charge in [0, 0.05) is 46.8 Å². The fourth-order valence-electron chi connectivity index (χ4n) is 1.86. The van der Waals surface area contributed by atoms with Gasteiger partial charge < -0.3 is 5.11 Å². The second kappa shape index (κ2) is 5.29. The van der Waals surface area contributed by atoms with E-state index in [0.717, 1.165) is 41.6 Å². The molecule has 0 unspecified atom stereocenters. The summed E-state index contributed by atoms with van der Waals surface area (Å²) >= 11 is 1.33. The number of hydrogen-bond acceptors (Lipinski definition) is 4. The molecule has 2 rings (SSSR count). The Bertz CT molecular complexity index is 446. The SMILES string of the molecule is Cc1sc(C(=O)O)cc1CN1CCS(=O)CC1. The first-order valence-corrected chi connectivity index (χ1v) is 7.76. The number of carboxylic acid groups (broad SMARTS) is 1. The summed E-state index contributed by atoms with van der Waals surface area (Å²) in [6.45, 7) is 4.40. The molecule has 1 aliphatic heterocycles. The molecule has 4 nitrogen and oxygen atoms in total. The van der Waals surface area contributed by atoms with Gasteiger partial charge in [-0.1, -0.05) is 0 Å². The molecule has 1 fully saturated rings. The lowest BCUT2D eigenvalue weighted by atomic mass is 10.2. The van der Waals surface area contributed by atoms with Crippen LogP contribution in [0.25, 0.3) is 0 Å². The topological polar surface area (TPSA) is 57.6 Å². The monoisotopic (exact) mass is 273 g/mol. The highest BCUT2D eigenvalue weighted by Gasteiger charge is 2.18. The molecule has 0 radical (unpaired) electrons. The average Bonchev–Trinajstić information content (AvgIpc) is 2.64. The second-order valence-electron chi connectivity index (χ2n) is 4.12. The molecule has 0 aliphatic carbocycles. The Labute approximate surface area is 107 Å². The minimum atomic E-state index is -0.857. The van der Waals surface area contributed by atoms with Gasteiger partial charge in [-0.3, -0.25) is 9.11 Å². The van der Waals surface area contributed by atoms with Crippen molar-refractivity contribution in [3.8, 4) is 0 Å². The summed E-state index contributed by atoms with van der Waals surface area (Å²) in [5.74, 6) is 0.605. The maximum absolute atomic E-state index is 11.2. The molecule has 0 saturated carbocycles. The minimum Gasteiger partial charge on any atom is -0.477 e. The summed E-state index contributed by atoms with van der Waals surface area (Å²) in [4.78, 5) is 14.6. The highest BCUT2D eigenvalue weighted by Crippen LogP contribution is 2.23. The lowest BCUT2D eigenvalue weighted by molar-refractivity contribution is 0.0702. The van der Waals surface area contributed by atoms with Crippen molar-refractivity contribution in [3.05, 3.63) is 21.4 Å². The Morgan fingerprint density at radius 1 is 1.53 bits per heavy atom. The number of aromatic carboxylic acids is 1. The fraction of sp³-hybridized carbons (Fsp3) is 0.545. The molecule has 1 aromatic heterocycles. The zero-order chi connectivity index (χ0) is 12.4. The van der Waals surface area contributed by atoms with Crippen molar-refractivity contribution >= 4 is 28.1 Å². The van der Waals surface area contributed by atoms with E-state index in [1.54, 1.807) is 6.07 Å². The first-order chi connectivity index (χ1) is 8.06. The number of nitrogens with zero attached hydrogens (tertiary/aromatic N) is 1. The molecule has 1 aliphatic rings. The summed E-state index contributed by atoms with van der Waals surface area (Å²) in [6.07, 6.45) is 0. The van der Waals surface area contributed by atoms with Crippen molar-refractivity contribution in [3.63, 3.8) is 0 Å². The molecule has 17 heavy (non-hydrogen) atoms. The third-order valence-electron chi connectivity index (χ3n) is 2.90. The zero-order valence-electron chi connectivity index (χ0n) is 9.64. The third-order valence-corrected chi connectivity index (χ3v) is 5.25. The van der Waals surface area contributed by atoms with Crippen molar-refractivity contribution in [2.45, 2.75) is 13.5 Å². The van der Waals surface area contributed by atoms with Gasteiger partial charge in [-0.25, -0.2) is 4.79 Å². The van der Waals surface area contributed by atoms with E-state index in [-0.39, 0.29) is 0 Å². The van der Waals surface area contributed by atoms with Crippen LogP contribution in [0, 0.1) is 6.92 Å². The van der Waals surface area contributed by atoms with Gasteiger partial charge in [-0.2, -0.15) is 0 Å². The molecule has 0 atom stereocenters. The Morgan fingerprint density at radius 2 is 2.18 bits per heavy atom. The van der Waals surface area contributed by atoms with Crippen LogP contribution in [0.3, 0.4) is 0 Å². The van der Waals surface area contributed by atoms with Gasteiger partial charge in [0.05, 0.1) is 0 Å². The molecule has 0 bridgehead atoms. The Kier molecular flexibility index (Phi) is 3.96. The summed E-state index contributed by atoms with van der Waals surface area (Å²) in [7, 11) is -0.660. The van der Waals surface area contributed by atoms with Crippen LogP contribution in [-0.4, -0.2) is 44.8 Å². The average molecular weight is 273 g/mol. The minimum absolute atomic E-state index is 0.401. The van der Waals surface area contributed by atoms with Crippen molar-refractivity contribution in [1.29, 1.82) is 0 Å². The van der Waals surface area contributed by atoms with Crippen LogP contribution in [0.4, 0.5) is 0 Å². The first kappa shape index (κ1) is 12.7. The largest absolute Gasteiger partial charge is 0.477 e. The lowest BCUT2D eigenvalue weighted by Gasteiger charge is -2.25. The summed E-state index contributed by atoms with van der Waals surface area (Å²) < 4.78 is 11.2. The van der Waals surface area contributed by atoms with Crippen molar-refractivity contribution in [2.75, 3.05) is 24.6 Å². The molecule has 0 aromatic carbocycles. The van der Waals surface area contributed by atoms with Crippen molar-refractivity contribution in [2.24, 2.45) is 0 Å². The van der Waals surface area contributed by atoms with Crippen LogP contribution < -0.4 is 0 Å². The normalized spacial score (nSPS) is 18.4. The van der Waals surface area contributed by atoms with Crippen LogP contribution in [-0.2, 0) is 17.3 Å². The van der Waals surface area contributed by atoms with Crippen LogP contribution in [0.15, 0.2) is 6.07 Å². The third kappa shape index (κ3) is 3.14. The molecule has 1 aromatic rings. The number of carbonyl (C=O) groups is 1. The molecule has 94 valence electrons. The number of thiophene rings is 1. The quantitative estimate of drug-likeness (QED) is 0.902. The molecule has 6 heteroatoms. The lowest BCUT2D eigenvalue weighted by Crippen LogP contribution is -2.37. The van der Waals surface area contributed by atoms with Gasteiger partial charge >= 0.3 is 5.97 Å². The highest BCUT2D eigenvalue weighted by atomic mass is 32.2.